The highest BCUT2D eigenvalue weighted by molar-refractivity contribution is 5.55. The molecule has 0 radical (unpaired) electrons. The van der Waals surface area contributed by atoms with Crippen molar-refractivity contribution in [1.82, 2.24) is 0 Å². The largest absolute Gasteiger partial charge is 0.573 e. The molecule has 0 saturated heterocycles. The topological polar surface area (TPSA) is 29.5 Å². The number of alkyl halides is 9. The van der Waals surface area contributed by atoms with Crippen molar-refractivity contribution < 1.29 is 49.4 Å². The van der Waals surface area contributed by atoms with E-state index in [4.69, 9.17) is 0 Å². The van der Waals surface area contributed by atoms with Crippen molar-refractivity contribution in [3.05, 3.63) is 23.3 Å². The molecule has 158 valence electrons. The molecule has 28 heavy (non-hydrogen) atoms. The molecule has 0 amide bonds. The Morgan fingerprint density at radius 1 is 0.750 bits per heavy atom. The van der Waals surface area contributed by atoms with Crippen LogP contribution in [-0.4, -0.2) is 23.8 Å². The van der Waals surface area contributed by atoms with Gasteiger partial charge in [0.2, 0.25) is 0 Å². The monoisotopic (exact) mass is 422 g/mol. The van der Waals surface area contributed by atoms with Gasteiger partial charge in [0.25, 0.3) is 0 Å². The Bertz CT molecular complexity index is 754. The summed E-state index contributed by atoms with van der Waals surface area (Å²) in [6.07, 6.45) is -17.4. The van der Waals surface area contributed by atoms with E-state index in [1.165, 1.54) is 0 Å². The molecule has 2 aliphatic rings. The van der Waals surface area contributed by atoms with Gasteiger partial charge in [-0.15, -0.1) is 13.2 Å². The lowest BCUT2D eigenvalue weighted by molar-refractivity contribution is -0.275. The van der Waals surface area contributed by atoms with Gasteiger partial charge in [0, 0.05) is 28.0 Å². The lowest BCUT2D eigenvalue weighted by Gasteiger charge is -2.26. The molecule has 1 N–H and O–H groups in total. The molecule has 0 spiro atoms. The minimum absolute atomic E-state index is 0.0191. The summed E-state index contributed by atoms with van der Waals surface area (Å²) in [6, 6.07) is 1.32. The van der Waals surface area contributed by atoms with Crippen LogP contribution in [0.25, 0.3) is 0 Å². The van der Waals surface area contributed by atoms with Crippen LogP contribution in [0.2, 0.25) is 0 Å². The van der Waals surface area contributed by atoms with Crippen LogP contribution in [0.4, 0.5) is 39.5 Å². The molecule has 2 fully saturated rings. The van der Waals surface area contributed by atoms with E-state index < -0.39 is 59.4 Å². The fourth-order valence-electron chi connectivity index (χ4n) is 3.77. The van der Waals surface area contributed by atoms with Crippen molar-refractivity contribution >= 4 is 0 Å². The molecule has 1 aromatic carbocycles. The van der Waals surface area contributed by atoms with Crippen LogP contribution in [0.3, 0.4) is 0 Å². The molecule has 0 unspecified atom stereocenters. The number of phenols is 1. The maximum Gasteiger partial charge on any atom is 0.573 e. The summed E-state index contributed by atoms with van der Waals surface area (Å²) in [5.41, 5.74) is -4.00. The first kappa shape index (κ1) is 20.9. The van der Waals surface area contributed by atoms with Gasteiger partial charge in [-0.3, -0.25) is 0 Å². The third-order valence-corrected chi connectivity index (χ3v) is 5.25. The van der Waals surface area contributed by atoms with E-state index in [0.717, 1.165) is 6.07 Å². The highest BCUT2D eigenvalue weighted by Crippen LogP contribution is 2.62. The second kappa shape index (κ2) is 6.09. The zero-order valence-corrected chi connectivity index (χ0v) is 14.2. The maximum absolute atomic E-state index is 12.9. The average molecular weight is 422 g/mol. The summed E-state index contributed by atoms with van der Waals surface area (Å²) in [4.78, 5) is 0. The van der Waals surface area contributed by atoms with Gasteiger partial charge in [-0.2, -0.15) is 26.3 Å². The molecule has 0 aromatic heterocycles. The third-order valence-electron chi connectivity index (χ3n) is 5.25. The Morgan fingerprint density at radius 3 is 1.54 bits per heavy atom. The van der Waals surface area contributed by atoms with Crippen molar-refractivity contribution in [3.8, 4) is 11.5 Å². The lowest BCUT2D eigenvalue weighted by Crippen LogP contribution is -2.25. The SMILES string of the molecule is Oc1cc(OC(F)(F)F)c(C2(CC(F)(F)F)CC2)cc1C1(CC(F)(F)F)CC1. The fraction of sp³-hybridized carbons (Fsp3) is 0.647. The zero-order chi connectivity index (χ0) is 21.2. The van der Waals surface area contributed by atoms with Gasteiger partial charge in [0.05, 0.1) is 12.8 Å². The summed E-state index contributed by atoms with van der Waals surface area (Å²) in [5.74, 6) is -1.87. The summed E-state index contributed by atoms with van der Waals surface area (Å²) in [6.45, 7) is 0. The van der Waals surface area contributed by atoms with Crippen molar-refractivity contribution in [2.75, 3.05) is 0 Å². The molecule has 11 heteroatoms. The highest BCUT2D eigenvalue weighted by Gasteiger charge is 2.57. The minimum atomic E-state index is -5.24. The van der Waals surface area contributed by atoms with E-state index in [1.54, 1.807) is 0 Å². The van der Waals surface area contributed by atoms with Gasteiger partial charge in [-0.1, -0.05) is 0 Å². The van der Waals surface area contributed by atoms with Gasteiger partial charge >= 0.3 is 18.7 Å². The standard InChI is InChI=1S/C17H15F9O2/c18-15(19,20)7-13(1-2-13)9-5-10(14(3-4-14)8-16(21,22)23)12(6-11(9)27)28-17(24,25)26/h5-6,27H,1-4,7-8H2. The molecule has 2 nitrogen and oxygen atoms in total. The van der Waals surface area contributed by atoms with Crippen molar-refractivity contribution in [2.45, 2.75) is 68.1 Å². The summed E-state index contributed by atoms with van der Waals surface area (Å²) in [5, 5.41) is 10.1. The normalized spacial score (nSPS) is 20.8. The van der Waals surface area contributed by atoms with Gasteiger partial charge in [-0.05, 0) is 31.7 Å². The first-order chi connectivity index (χ1) is 12.5. The average Bonchev–Trinajstić information content (AvgIpc) is 3.33. The van der Waals surface area contributed by atoms with E-state index in [1.807, 2.05) is 0 Å². The smallest absolute Gasteiger partial charge is 0.508 e. The highest BCUT2D eigenvalue weighted by atomic mass is 19.4. The Labute approximate surface area is 153 Å². The first-order valence-corrected chi connectivity index (χ1v) is 8.32. The Hall–Kier alpha value is -1.81. The van der Waals surface area contributed by atoms with Crippen LogP contribution in [-0.2, 0) is 10.8 Å². The number of hydrogen-bond donors (Lipinski definition) is 1. The molecule has 2 aliphatic carbocycles. The Balaban J connectivity index is 2.08. The fourth-order valence-corrected chi connectivity index (χ4v) is 3.77. The number of rotatable bonds is 5. The maximum atomic E-state index is 12.9. The number of halogens is 9. The predicted molar refractivity (Wildman–Crippen MR) is 78.0 cm³/mol. The van der Waals surface area contributed by atoms with E-state index >= 15 is 0 Å². The first-order valence-electron chi connectivity index (χ1n) is 8.32. The van der Waals surface area contributed by atoms with Crippen LogP contribution in [0.1, 0.15) is 49.7 Å². The molecule has 2 saturated carbocycles. The second-order valence-electron chi connectivity index (χ2n) is 7.56. The van der Waals surface area contributed by atoms with Crippen LogP contribution < -0.4 is 4.74 Å². The zero-order valence-electron chi connectivity index (χ0n) is 14.2. The second-order valence-corrected chi connectivity index (χ2v) is 7.56. The molecule has 0 atom stereocenters. The minimum Gasteiger partial charge on any atom is -0.508 e. The Morgan fingerprint density at radius 2 is 1.18 bits per heavy atom. The van der Waals surface area contributed by atoms with Gasteiger partial charge in [0.15, 0.2) is 0 Å². The van der Waals surface area contributed by atoms with Crippen LogP contribution >= 0.6 is 0 Å². The predicted octanol–water partition coefficient (Wildman–Crippen LogP) is 6.26. The molecular weight excluding hydrogens is 407 g/mol. The lowest BCUT2D eigenvalue weighted by atomic mass is 9.84. The van der Waals surface area contributed by atoms with E-state index in [9.17, 15) is 44.6 Å². The van der Waals surface area contributed by atoms with Crippen molar-refractivity contribution in [2.24, 2.45) is 0 Å². The summed E-state index contributed by atoms with van der Waals surface area (Å²) < 4.78 is 119. The number of hydrogen-bond acceptors (Lipinski definition) is 2. The molecule has 0 aliphatic heterocycles. The number of benzene rings is 1. The van der Waals surface area contributed by atoms with E-state index in [2.05, 4.69) is 4.74 Å². The molecule has 0 bridgehead atoms. The molecular formula is C17H15F9O2. The molecule has 0 heterocycles. The summed E-state index contributed by atoms with van der Waals surface area (Å²) in [7, 11) is 0. The van der Waals surface area contributed by atoms with Gasteiger partial charge in [-0.25, -0.2) is 0 Å². The van der Waals surface area contributed by atoms with Crippen molar-refractivity contribution in [3.63, 3.8) is 0 Å². The van der Waals surface area contributed by atoms with Crippen LogP contribution in [0, 0.1) is 0 Å². The number of phenolic OH excluding ortho intramolecular Hbond substituents is 1. The third kappa shape index (κ3) is 4.60. The quantitative estimate of drug-likeness (QED) is 0.568. The van der Waals surface area contributed by atoms with E-state index in [0.29, 0.717) is 6.07 Å². The Kier molecular flexibility index (Phi) is 4.55. The molecule has 1 aromatic rings. The van der Waals surface area contributed by atoms with Crippen molar-refractivity contribution in [1.29, 1.82) is 0 Å². The van der Waals surface area contributed by atoms with Crippen LogP contribution in [0.15, 0.2) is 12.1 Å². The summed E-state index contributed by atoms with van der Waals surface area (Å²) >= 11 is 0. The van der Waals surface area contributed by atoms with E-state index in [-0.39, 0.29) is 31.2 Å². The number of aromatic hydroxyl groups is 1. The van der Waals surface area contributed by atoms with Gasteiger partial charge < -0.3 is 9.84 Å². The van der Waals surface area contributed by atoms with Gasteiger partial charge in [0.1, 0.15) is 11.5 Å². The number of ether oxygens (including phenoxy) is 1. The van der Waals surface area contributed by atoms with Crippen LogP contribution in [0.5, 0.6) is 11.5 Å². The molecule has 3 rings (SSSR count).